The minimum absolute atomic E-state index is 0.0404. The molecule has 1 unspecified atom stereocenters. The number of fused-ring (bicyclic) bond motifs is 1. The van der Waals surface area contributed by atoms with Gasteiger partial charge in [0, 0.05) is 25.0 Å². The summed E-state index contributed by atoms with van der Waals surface area (Å²) in [4.78, 5) is 14.7. The van der Waals surface area contributed by atoms with Gasteiger partial charge in [-0.25, -0.2) is 0 Å². The van der Waals surface area contributed by atoms with Crippen molar-refractivity contribution in [3.8, 4) is 11.2 Å². The van der Waals surface area contributed by atoms with Crippen LogP contribution in [0.1, 0.15) is 29.5 Å². The van der Waals surface area contributed by atoms with E-state index in [1.807, 2.05) is 6.26 Å². The van der Waals surface area contributed by atoms with E-state index >= 15 is 0 Å². The van der Waals surface area contributed by atoms with Gasteiger partial charge in [0.1, 0.15) is 0 Å². The van der Waals surface area contributed by atoms with Gasteiger partial charge in [0.2, 0.25) is 5.91 Å². The normalized spacial score (nSPS) is 25.4. The molecule has 0 saturated heterocycles. The average molecular weight is 382 g/mol. The SMILES string of the molecule is CSC#CC1C[C@@H](N)C[C@H]1C(=O)N1CCc2ccc(C(F)(F)F)cc2C1. The number of hydrogen-bond donors (Lipinski definition) is 1. The van der Waals surface area contributed by atoms with Crippen LogP contribution in [-0.4, -0.2) is 29.6 Å². The molecule has 3 nitrogen and oxygen atoms in total. The summed E-state index contributed by atoms with van der Waals surface area (Å²) in [5.74, 6) is 2.73. The highest BCUT2D eigenvalue weighted by molar-refractivity contribution is 8.03. The lowest BCUT2D eigenvalue weighted by Crippen LogP contribution is -2.41. The van der Waals surface area contributed by atoms with Crippen LogP contribution in [0.15, 0.2) is 18.2 Å². The molecule has 1 aliphatic heterocycles. The molecule has 3 atom stereocenters. The van der Waals surface area contributed by atoms with Crippen LogP contribution in [0.3, 0.4) is 0 Å². The lowest BCUT2D eigenvalue weighted by atomic mass is 9.92. The monoisotopic (exact) mass is 382 g/mol. The fraction of sp³-hybridized carbons (Fsp3) is 0.526. The highest BCUT2D eigenvalue weighted by Crippen LogP contribution is 2.35. The molecule has 140 valence electrons. The Labute approximate surface area is 155 Å². The molecule has 0 aromatic heterocycles. The Morgan fingerprint density at radius 3 is 2.77 bits per heavy atom. The molecular formula is C19H21F3N2OS. The van der Waals surface area contributed by atoms with Gasteiger partial charge in [-0.2, -0.15) is 13.2 Å². The van der Waals surface area contributed by atoms with Crippen molar-refractivity contribution < 1.29 is 18.0 Å². The summed E-state index contributed by atoms with van der Waals surface area (Å²) < 4.78 is 38.9. The van der Waals surface area contributed by atoms with E-state index in [4.69, 9.17) is 5.73 Å². The number of carbonyl (C=O) groups excluding carboxylic acids is 1. The van der Waals surface area contributed by atoms with Crippen molar-refractivity contribution in [2.24, 2.45) is 17.6 Å². The predicted molar refractivity (Wildman–Crippen MR) is 96.0 cm³/mol. The van der Waals surface area contributed by atoms with E-state index in [-0.39, 0.29) is 30.3 Å². The molecular weight excluding hydrogens is 361 g/mol. The van der Waals surface area contributed by atoms with Crippen LogP contribution in [0, 0.1) is 23.0 Å². The van der Waals surface area contributed by atoms with Gasteiger partial charge in [-0.1, -0.05) is 23.7 Å². The maximum atomic E-state index is 13.0. The Kier molecular flexibility index (Phi) is 5.54. The highest BCUT2D eigenvalue weighted by Gasteiger charge is 2.39. The molecule has 1 aliphatic carbocycles. The smallest absolute Gasteiger partial charge is 0.338 e. The lowest BCUT2D eigenvalue weighted by Gasteiger charge is -2.32. The van der Waals surface area contributed by atoms with Gasteiger partial charge < -0.3 is 10.6 Å². The largest absolute Gasteiger partial charge is 0.416 e. The molecule has 7 heteroatoms. The van der Waals surface area contributed by atoms with Crippen LogP contribution in [0.25, 0.3) is 0 Å². The van der Waals surface area contributed by atoms with E-state index in [1.54, 1.807) is 4.90 Å². The number of carbonyl (C=O) groups is 1. The predicted octanol–water partition coefficient (Wildman–Crippen LogP) is 3.27. The van der Waals surface area contributed by atoms with Crippen molar-refractivity contribution in [1.29, 1.82) is 0 Å². The highest BCUT2D eigenvalue weighted by atomic mass is 32.2. The van der Waals surface area contributed by atoms with Gasteiger partial charge in [-0.15, -0.1) is 0 Å². The van der Waals surface area contributed by atoms with E-state index in [0.29, 0.717) is 31.4 Å². The quantitative estimate of drug-likeness (QED) is 0.759. The molecule has 2 N–H and O–H groups in total. The number of nitrogens with two attached hydrogens (primary N) is 1. The van der Waals surface area contributed by atoms with Crippen LogP contribution in [0.4, 0.5) is 13.2 Å². The van der Waals surface area contributed by atoms with Crippen molar-refractivity contribution in [2.45, 2.75) is 38.0 Å². The van der Waals surface area contributed by atoms with Crippen LogP contribution < -0.4 is 5.73 Å². The van der Waals surface area contributed by atoms with Gasteiger partial charge in [0.25, 0.3) is 0 Å². The number of nitrogens with zero attached hydrogens (tertiary/aromatic N) is 1. The molecule has 1 saturated carbocycles. The van der Waals surface area contributed by atoms with Crippen LogP contribution in [-0.2, 0) is 23.9 Å². The number of amides is 1. The van der Waals surface area contributed by atoms with Crippen molar-refractivity contribution in [3.63, 3.8) is 0 Å². The summed E-state index contributed by atoms with van der Waals surface area (Å²) in [7, 11) is 0. The lowest BCUT2D eigenvalue weighted by molar-refractivity contribution is -0.137. The zero-order valence-electron chi connectivity index (χ0n) is 14.5. The van der Waals surface area contributed by atoms with Crippen LogP contribution >= 0.6 is 11.8 Å². The molecule has 0 bridgehead atoms. The Bertz CT molecular complexity index is 753. The van der Waals surface area contributed by atoms with Crippen LogP contribution in [0.2, 0.25) is 0 Å². The summed E-state index contributed by atoms with van der Waals surface area (Å²) in [6.45, 7) is 0.734. The van der Waals surface area contributed by atoms with E-state index < -0.39 is 11.7 Å². The van der Waals surface area contributed by atoms with E-state index in [9.17, 15) is 18.0 Å². The first kappa shape index (κ1) is 19.1. The van der Waals surface area contributed by atoms with Crippen molar-refractivity contribution in [3.05, 3.63) is 34.9 Å². The third-order valence-electron chi connectivity index (χ3n) is 5.12. The second-order valence-corrected chi connectivity index (χ2v) is 7.50. The number of halogens is 3. The second kappa shape index (κ2) is 7.53. The first-order chi connectivity index (χ1) is 12.3. The first-order valence-electron chi connectivity index (χ1n) is 8.56. The standard InChI is InChI=1S/C19H21F3N2OS/c1-26-7-5-13-9-16(23)10-17(13)18(25)24-6-4-12-2-3-15(19(20,21)22)8-14(12)11-24/h2-3,8,13,16-17H,4,6,9-11,23H2,1H3/t13?,16-,17-/m1/s1. The summed E-state index contributed by atoms with van der Waals surface area (Å²) >= 11 is 1.40. The maximum absolute atomic E-state index is 13.0. The van der Waals surface area contributed by atoms with Gasteiger partial charge in [0.05, 0.1) is 11.5 Å². The summed E-state index contributed by atoms with van der Waals surface area (Å²) in [5.41, 5.74) is 6.82. The topological polar surface area (TPSA) is 46.3 Å². The number of rotatable bonds is 1. The Morgan fingerprint density at radius 2 is 2.08 bits per heavy atom. The first-order valence-corrected chi connectivity index (χ1v) is 9.79. The fourth-order valence-corrected chi connectivity index (χ4v) is 4.07. The Morgan fingerprint density at radius 1 is 1.31 bits per heavy atom. The number of thioether (sulfide) groups is 1. The third-order valence-corrected chi connectivity index (χ3v) is 5.44. The van der Waals surface area contributed by atoms with E-state index in [2.05, 4.69) is 11.2 Å². The molecule has 1 heterocycles. The van der Waals surface area contributed by atoms with Gasteiger partial charge >= 0.3 is 6.18 Å². The third kappa shape index (κ3) is 4.02. The van der Waals surface area contributed by atoms with Gasteiger partial charge in [0.15, 0.2) is 0 Å². The minimum atomic E-state index is -4.38. The van der Waals surface area contributed by atoms with Gasteiger partial charge in [-0.3, -0.25) is 4.79 Å². The minimum Gasteiger partial charge on any atom is -0.338 e. The molecule has 2 aliphatic rings. The van der Waals surface area contributed by atoms with E-state index in [1.165, 1.54) is 23.9 Å². The van der Waals surface area contributed by atoms with Crippen molar-refractivity contribution in [1.82, 2.24) is 4.90 Å². The molecule has 0 spiro atoms. The Hall–Kier alpha value is -1.65. The molecule has 1 aromatic carbocycles. The van der Waals surface area contributed by atoms with Crippen molar-refractivity contribution in [2.75, 3.05) is 12.8 Å². The van der Waals surface area contributed by atoms with Gasteiger partial charge in [-0.05, 0) is 54.0 Å². The summed E-state index contributed by atoms with van der Waals surface area (Å²) in [6.07, 6.45) is -0.666. The van der Waals surface area contributed by atoms with Crippen molar-refractivity contribution >= 4 is 17.7 Å². The maximum Gasteiger partial charge on any atom is 0.416 e. The molecule has 3 rings (SSSR count). The molecule has 1 aromatic rings. The fourth-order valence-electron chi connectivity index (χ4n) is 3.80. The number of hydrogen-bond acceptors (Lipinski definition) is 3. The zero-order valence-corrected chi connectivity index (χ0v) is 15.3. The average Bonchev–Trinajstić information content (AvgIpc) is 2.98. The molecule has 1 fully saturated rings. The van der Waals surface area contributed by atoms with Crippen LogP contribution in [0.5, 0.6) is 0 Å². The summed E-state index contributed by atoms with van der Waals surface area (Å²) in [6, 6.07) is 3.75. The van der Waals surface area contributed by atoms with E-state index in [0.717, 1.165) is 11.6 Å². The zero-order chi connectivity index (χ0) is 18.9. The summed E-state index contributed by atoms with van der Waals surface area (Å²) in [5, 5.41) is 2.95. The number of benzene rings is 1. The molecule has 0 radical (unpaired) electrons. The molecule has 26 heavy (non-hydrogen) atoms. The molecule has 1 amide bonds. The second-order valence-electron chi connectivity index (χ2n) is 6.89. The Balaban J connectivity index is 1.78. The number of alkyl halides is 3.